The largest absolute Gasteiger partial charge is 0.508 e. The number of aliphatic hydroxyl groups excluding tert-OH is 2. The van der Waals surface area contributed by atoms with Gasteiger partial charge in [0, 0.05) is 0 Å². The van der Waals surface area contributed by atoms with Crippen LogP contribution >= 0.6 is 0 Å². The molecule has 1 rings (SSSR count). The minimum atomic E-state index is -0.152. The highest BCUT2D eigenvalue weighted by Gasteiger charge is 2.26. The predicted octanol–water partition coefficient (Wildman–Crippen LogP) is 5.01. The highest BCUT2D eigenvalue weighted by molar-refractivity contribution is 5.36. The molecule has 0 fully saturated rings. The molecule has 0 radical (unpaired) electrons. The first-order valence-electron chi connectivity index (χ1n) is 7.60. The van der Waals surface area contributed by atoms with Crippen LogP contribution in [-0.4, -0.2) is 16.8 Å². The van der Waals surface area contributed by atoms with Gasteiger partial charge in [-0.3, -0.25) is 0 Å². The summed E-state index contributed by atoms with van der Waals surface area (Å²) < 4.78 is 0. The summed E-state index contributed by atoms with van der Waals surface area (Å²) in [5.74, 6) is 0.0810. The molecule has 0 aliphatic heterocycles. The molecule has 0 bridgehead atoms. The van der Waals surface area contributed by atoms with Crippen LogP contribution < -0.4 is 0 Å². The third kappa shape index (κ3) is 5.76. The molecule has 0 atom stereocenters. The topological polar surface area (TPSA) is 40.5 Å². The first-order valence-corrected chi connectivity index (χ1v) is 7.60. The fourth-order valence-corrected chi connectivity index (χ4v) is 2.74. The van der Waals surface area contributed by atoms with Gasteiger partial charge in [0.25, 0.3) is 0 Å². The SMILES string of the molecule is CC1=C(/C=C/C(C)=C/C=C/C(O)=C\CO)C(C)(C)CCC1. The Bertz CT molecular complexity index is 500. The number of hydrogen-bond acceptors (Lipinski definition) is 2. The summed E-state index contributed by atoms with van der Waals surface area (Å²) in [4.78, 5) is 0. The predicted molar refractivity (Wildman–Crippen MR) is 90.2 cm³/mol. The molecule has 0 saturated carbocycles. The summed E-state index contributed by atoms with van der Waals surface area (Å²) >= 11 is 0. The van der Waals surface area contributed by atoms with E-state index in [2.05, 4.69) is 32.9 Å². The van der Waals surface area contributed by atoms with Crippen LogP contribution in [0.25, 0.3) is 0 Å². The van der Waals surface area contributed by atoms with Gasteiger partial charge in [0.15, 0.2) is 0 Å². The summed E-state index contributed by atoms with van der Waals surface area (Å²) in [6.07, 6.45) is 14.7. The Hall–Kier alpha value is -1.54. The number of hydrogen-bond donors (Lipinski definition) is 2. The van der Waals surface area contributed by atoms with Crippen molar-refractivity contribution in [2.45, 2.75) is 47.0 Å². The van der Waals surface area contributed by atoms with Gasteiger partial charge in [-0.1, -0.05) is 49.3 Å². The minimum Gasteiger partial charge on any atom is -0.508 e. The summed E-state index contributed by atoms with van der Waals surface area (Å²) in [6, 6.07) is 0. The van der Waals surface area contributed by atoms with E-state index in [1.54, 1.807) is 12.2 Å². The lowest BCUT2D eigenvalue weighted by Crippen LogP contribution is -2.19. The quantitative estimate of drug-likeness (QED) is 0.551. The monoisotopic (exact) mass is 288 g/mol. The van der Waals surface area contributed by atoms with Crippen LogP contribution in [0.15, 0.2) is 58.9 Å². The van der Waals surface area contributed by atoms with Crippen LogP contribution in [0.5, 0.6) is 0 Å². The summed E-state index contributed by atoms with van der Waals surface area (Å²) in [5.41, 5.74) is 4.34. The van der Waals surface area contributed by atoms with E-state index in [0.29, 0.717) is 0 Å². The zero-order chi connectivity index (χ0) is 15.9. The van der Waals surface area contributed by atoms with Crippen molar-refractivity contribution in [3.63, 3.8) is 0 Å². The molecule has 1 aliphatic rings. The molecule has 2 N–H and O–H groups in total. The Morgan fingerprint density at radius 3 is 2.62 bits per heavy atom. The molecule has 21 heavy (non-hydrogen) atoms. The molecule has 0 saturated heterocycles. The molecule has 0 aromatic carbocycles. The summed E-state index contributed by atoms with van der Waals surface area (Å²) in [7, 11) is 0. The molecule has 0 spiro atoms. The second kappa shape index (κ2) is 8.04. The lowest BCUT2D eigenvalue weighted by atomic mass is 9.72. The number of rotatable bonds is 5. The maximum Gasteiger partial charge on any atom is 0.113 e. The molecule has 0 aromatic rings. The minimum absolute atomic E-state index is 0.0810. The smallest absolute Gasteiger partial charge is 0.113 e. The van der Waals surface area contributed by atoms with Crippen molar-refractivity contribution in [2.24, 2.45) is 5.41 Å². The van der Waals surface area contributed by atoms with Gasteiger partial charge in [-0.25, -0.2) is 0 Å². The van der Waals surface area contributed by atoms with E-state index in [9.17, 15) is 5.11 Å². The first kappa shape index (κ1) is 17.5. The van der Waals surface area contributed by atoms with Gasteiger partial charge in [0.2, 0.25) is 0 Å². The van der Waals surface area contributed by atoms with Crippen LogP contribution in [-0.2, 0) is 0 Å². The zero-order valence-electron chi connectivity index (χ0n) is 13.7. The Morgan fingerprint density at radius 2 is 2.00 bits per heavy atom. The van der Waals surface area contributed by atoms with Crippen LogP contribution in [0.2, 0.25) is 0 Å². The van der Waals surface area contributed by atoms with Crippen LogP contribution in [0.3, 0.4) is 0 Å². The average molecular weight is 288 g/mol. The van der Waals surface area contributed by atoms with Crippen molar-refractivity contribution in [1.29, 1.82) is 0 Å². The van der Waals surface area contributed by atoms with Crippen LogP contribution in [0.4, 0.5) is 0 Å². The molecule has 1 aliphatic carbocycles. The van der Waals surface area contributed by atoms with Crippen molar-refractivity contribution in [1.82, 2.24) is 0 Å². The molecule has 0 amide bonds. The molecule has 0 heterocycles. The molecular weight excluding hydrogens is 260 g/mol. The highest BCUT2D eigenvalue weighted by Crippen LogP contribution is 2.40. The molecule has 116 valence electrons. The molecule has 0 aromatic heterocycles. The fourth-order valence-electron chi connectivity index (χ4n) is 2.74. The van der Waals surface area contributed by atoms with Crippen molar-refractivity contribution >= 4 is 0 Å². The average Bonchev–Trinajstić information content (AvgIpc) is 2.37. The maximum absolute atomic E-state index is 9.36. The van der Waals surface area contributed by atoms with Gasteiger partial charge in [-0.05, 0) is 56.3 Å². The van der Waals surface area contributed by atoms with E-state index >= 15 is 0 Å². The molecule has 2 nitrogen and oxygen atoms in total. The fraction of sp³-hybridized carbons (Fsp3) is 0.474. The molecule has 2 heteroatoms. The lowest BCUT2D eigenvalue weighted by molar-refractivity contribution is 0.332. The Kier molecular flexibility index (Phi) is 6.70. The van der Waals surface area contributed by atoms with E-state index in [4.69, 9.17) is 5.11 Å². The van der Waals surface area contributed by atoms with Crippen LogP contribution in [0.1, 0.15) is 47.0 Å². The zero-order valence-corrected chi connectivity index (χ0v) is 13.7. The van der Waals surface area contributed by atoms with Gasteiger partial charge in [0.1, 0.15) is 5.76 Å². The number of allylic oxidation sites excluding steroid dienone is 8. The van der Waals surface area contributed by atoms with E-state index < -0.39 is 0 Å². The van der Waals surface area contributed by atoms with Gasteiger partial charge >= 0.3 is 0 Å². The van der Waals surface area contributed by atoms with Gasteiger partial charge in [-0.15, -0.1) is 0 Å². The second-order valence-electron chi connectivity index (χ2n) is 6.35. The first-order chi connectivity index (χ1) is 9.86. The lowest BCUT2D eigenvalue weighted by Gasteiger charge is -2.32. The molecule has 0 unspecified atom stereocenters. The summed E-state index contributed by atoms with van der Waals surface area (Å²) in [6.45, 7) is 8.75. The standard InChI is InChI=1S/C19H28O2/c1-15(7-5-9-17(21)12-14-20)10-11-18-16(2)8-6-13-19(18,3)4/h5,7,9-12,20-21H,6,8,13-14H2,1-4H3/b9-5+,11-10+,15-7+,17-12+. The van der Waals surface area contributed by atoms with Gasteiger partial charge in [0.05, 0.1) is 6.61 Å². The summed E-state index contributed by atoms with van der Waals surface area (Å²) in [5, 5.41) is 18.0. The maximum atomic E-state index is 9.36. The van der Waals surface area contributed by atoms with E-state index in [1.807, 2.05) is 13.0 Å². The van der Waals surface area contributed by atoms with E-state index in [-0.39, 0.29) is 17.8 Å². The Labute approximate surface area is 128 Å². The third-order valence-electron chi connectivity index (χ3n) is 3.98. The Balaban J connectivity index is 2.78. The van der Waals surface area contributed by atoms with E-state index in [1.165, 1.54) is 36.5 Å². The number of aliphatic hydroxyl groups is 2. The van der Waals surface area contributed by atoms with Crippen LogP contribution in [0, 0.1) is 5.41 Å². The van der Waals surface area contributed by atoms with Crippen molar-refractivity contribution in [3.05, 3.63) is 58.9 Å². The van der Waals surface area contributed by atoms with Crippen molar-refractivity contribution in [3.8, 4) is 0 Å². The van der Waals surface area contributed by atoms with Crippen molar-refractivity contribution < 1.29 is 10.2 Å². The Morgan fingerprint density at radius 1 is 1.29 bits per heavy atom. The normalized spacial score (nSPS) is 20.8. The van der Waals surface area contributed by atoms with Gasteiger partial charge < -0.3 is 10.2 Å². The van der Waals surface area contributed by atoms with Gasteiger partial charge in [-0.2, -0.15) is 0 Å². The molecular formula is C19H28O2. The second-order valence-corrected chi connectivity index (χ2v) is 6.35. The van der Waals surface area contributed by atoms with E-state index in [0.717, 1.165) is 5.57 Å². The highest BCUT2D eigenvalue weighted by atomic mass is 16.3. The van der Waals surface area contributed by atoms with Crippen molar-refractivity contribution in [2.75, 3.05) is 6.61 Å². The third-order valence-corrected chi connectivity index (χ3v) is 3.98.